The van der Waals surface area contributed by atoms with E-state index >= 15 is 0 Å². The Labute approximate surface area is 475 Å². The average Bonchev–Trinajstić information content (AvgIpc) is 3.83. The van der Waals surface area contributed by atoms with Crippen molar-refractivity contribution in [3.05, 3.63) is 159 Å². The van der Waals surface area contributed by atoms with Gasteiger partial charge in [0.2, 0.25) is 23.6 Å². The molecule has 0 radical (unpaired) electrons. The van der Waals surface area contributed by atoms with Crippen LogP contribution in [0.5, 0.6) is 23.3 Å². The molecule has 5 aliphatic rings. The fourth-order valence-corrected chi connectivity index (χ4v) is 10.6. The molecular formula is C60H60BClF6N6O8. The van der Waals surface area contributed by atoms with Crippen molar-refractivity contribution < 1.29 is 64.3 Å². The van der Waals surface area contributed by atoms with Gasteiger partial charge in [0, 0.05) is 65.6 Å². The molecule has 0 saturated carbocycles. The molecule has 22 heteroatoms. The number of nitrogens with zero attached hydrogens (tertiary/aromatic N) is 4. The normalized spacial score (nSPS) is 19.6. The largest absolute Gasteiger partial charge is 0.494 e. The fourth-order valence-electron chi connectivity index (χ4n) is 10.5. The van der Waals surface area contributed by atoms with Crippen LogP contribution in [-0.2, 0) is 18.9 Å². The first-order chi connectivity index (χ1) is 38.3. The lowest BCUT2D eigenvalue weighted by molar-refractivity contribution is -0.127. The van der Waals surface area contributed by atoms with Crippen LogP contribution in [0.3, 0.4) is 0 Å². The average molecular weight is 1150 g/mol. The summed E-state index contributed by atoms with van der Waals surface area (Å²) in [6.07, 6.45) is -0.833. The summed E-state index contributed by atoms with van der Waals surface area (Å²) in [5, 5.41) is 0.351. The summed E-state index contributed by atoms with van der Waals surface area (Å²) in [7, 11) is -0.750. The number of fused-ring (bicyclic) bond motifs is 4. The van der Waals surface area contributed by atoms with E-state index in [-0.39, 0.29) is 41.9 Å². The lowest BCUT2D eigenvalue weighted by Crippen LogP contribution is -2.41. The molecule has 4 aromatic carbocycles. The van der Waals surface area contributed by atoms with Crippen LogP contribution in [0.1, 0.15) is 123 Å². The van der Waals surface area contributed by atoms with Gasteiger partial charge in [-0.15, -0.1) is 0 Å². The van der Waals surface area contributed by atoms with Gasteiger partial charge in [-0.1, -0.05) is 93.9 Å². The zero-order valence-corrected chi connectivity index (χ0v) is 47.0. The third-order valence-corrected chi connectivity index (χ3v) is 16.3. The number of alkyl halides is 4. The van der Waals surface area contributed by atoms with Crippen LogP contribution in [0.4, 0.5) is 26.3 Å². The van der Waals surface area contributed by atoms with Crippen molar-refractivity contribution in [2.24, 2.45) is 22.3 Å². The molecule has 2 aromatic heterocycles. The zero-order valence-electron chi connectivity index (χ0n) is 46.2. The van der Waals surface area contributed by atoms with E-state index in [0.717, 1.165) is 32.6 Å². The van der Waals surface area contributed by atoms with Gasteiger partial charge < -0.3 is 40.0 Å². The number of carbonyl (C=O) groups excluding carboxylic acids is 4. The van der Waals surface area contributed by atoms with Crippen molar-refractivity contribution >= 4 is 47.8 Å². The van der Waals surface area contributed by atoms with Crippen LogP contribution >= 0.6 is 11.6 Å². The van der Waals surface area contributed by atoms with Gasteiger partial charge in [-0.05, 0) is 87.8 Å². The van der Waals surface area contributed by atoms with Gasteiger partial charge in [-0.3, -0.25) is 19.2 Å². The van der Waals surface area contributed by atoms with Gasteiger partial charge in [-0.25, -0.2) is 36.3 Å². The Hall–Kier alpha value is -7.49. The molecule has 14 nitrogen and oxygen atoms in total. The van der Waals surface area contributed by atoms with Crippen molar-refractivity contribution in [1.29, 1.82) is 0 Å². The first kappa shape index (κ1) is 59.1. The van der Waals surface area contributed by atoms with Crippen LogP contribution < -0.4 is 26.4 Å². The minimum absolute atomic E-state index is 0.0791. The third-order valence-electron chi connectivity index (χ3n) is 16.1. The van der Waals surface area contributed by atoms with E-state index in [0.29, 0.717) is 44.8 Å². The molecule has 0 spiro atoms. The molecule has 7 heterocycles. The second-order valence-electron chi connectivity index (χ2n) is 23.1. The summed E-state index contributed by atoms with van der Waals surface area (Å²) in [6.45, 7) is 13.1. The van der Waals surface area contributed by atoms with Crippen LogP contribution in [0.2, 0.25) is 5.15 Å². The van der Waals surface area contributed by atoms with Gasteiger partial charge in [0.05, 0.1) is 51.9 Å². The van der Waals surface area contributed by atoms with Crippen LogP contribution in [0.25, 0.3) is 11.3 Å². The fraction of sp³-hybridized carbons (Fsp3) is 0.367. The number of rotatable bonds is 8. The molecule has 3 saturated heterocycles. The molecular weight excluding hydrogens is 1090 g/mol. The predicted octanol–water partition coefficient (Wildman–Crippen LogP) is 11.2. The highest BCUT2D eigenvalue weighted by molar-refractivity contribution is 6.62. The number of hydrogen-bond acceptors (Lipinski definition) is 10. The van der Waals surface area contributed by atoms with Crippen molar-refractivity contribution in [3.63, 3.8) is 0 Å². The molecule has 2 atom stereocenters. The monoisotopic (exact) mass is 1150 g/mol. The van der Waals surface area contributed by atoms with E-state index in [4.69, 9.17) is 41.9 Å². The number of carbonyl (C=O) groups is 4. The predicted molar refractivity (Wildman–Crippen MR) is 295 cm³/mol. The van der Waals surface area contributed by atoms with Gasteiger partial charge in [0.15, 0.2) is 0 Å². The summed E-state index contributed by atoms with van der Waals surface area (Å²) >= 11 is 5.95. The van der Waals surface area contributed by atoms with E-state index in [1.165, 1.54) is 30.3 Å². The molecule has 6 aromatic rings. The van der Waals surface area contributed by atoms with Crippen molar-refractivity contribution in [1.82, 2.24) is 19.8 Å². The minimum atomic E-state index is -2.96. The number of primary amides is 2. The lowest BCUT2D eigenvalue weighted by Gasteiger charge is -2.36. The number of para-hydroxylation sites is 2. The molecule has 82 heavy (non-hydrogen) atoms. The van der Waals surface area contributed by atoms with E-state index in [2.05, 4.69) is 9.97 Å². The molecule has 4 amide bonds. The maximum absolute atomic E-state index is 14.9. The highest BCUT2D eigenvalue weighted by Crippen LogP contribution is 2.53. The van der Waals surface area contributed by atoms with Gasteiger partial charge in [0.25, 0.3) is 23.7 Å². The standard InChI is InChI=1S/C27H24F3N3O3.C17H21BF3NO3.C16H15ClN2O2/c1-26(2,25(31)35)22-17-5-3-4-6-21(17)36-23-18(22)9-10-20(32-23)15-7-8-16(19(28)13-15)24(34)33-12-11-27(29,30)14-33;1-15(2)16(3,4)25-18(24-15)11-5-6-12(13(19)9-11)14(23)22-8-7-17(20,21)10-22;1-16(2,15(18)20)13-9-5-3-4-6-11(9)21-14-10(13)7-8-12(17)19-14/h3-10,13,22H,11-12,14H2,1-2H3,(H2,31,35);5-6,9H,7-8,10H2,1-4H3;3-8,13H,1-2H3,(H2,18,20)/t22-;;13-/m0.0/s1. The molecule has 0 bridgehead atoms. The molecule has 0 aliphatic carbocycles. The lowest BCUT2D eigenvalue weighted by atomic mass is 9.70. The topological polar surface area (TPSA) is 189 Å². The number of amides is 4. The van der Waals surface area contributed by atoms with E-state index in [1.807, 2.05) is 90.1 Å². The number of benzene rings is 4. The number of ether oxygens (including phenoxy) is 2. The Kier molecular flexibility index (Phi) is 15.6. The second-order valence-corrected chi connectivity index (χ2v) is 23.5. The third kappa shape index (κ3) is 11.5. The Balaban J connectivity index is 0.000000155. The molecule has 4 N–H and O–H groups in total. The number of halogens is 7. The van der Waals surface area contributed by atoms with Crippen molar-refractivity contribution in [3.8, 4) is 34.5 Å². The van der Waals surface area contributed by atoms with Gasteiger partial charge in [-0.2, -0.15) is 0 Å². The van der Waals surface area contributed by atoms with E-state index < -0.39 is 102 Å². The number of aromatic nitrogens is 2. The first-order valence-electron chi connectivity index (χ1n) is 26.4. The number of hydrogen-bond donors (Lipinski definition) is 2. The highest BCUT2D eigenvalue weighted by atomic mass is 35.5. The van der Waals surface area contributed by atoms with Crippen molar-refractivity contribution in [2.45, 2.75) is 103 Å². The van der Waals surface area contributed by atoms with Crippen molar-refractivity contribution in [2.75, 3.05) is 26.2 Å². The number of likely N-dealkylation sites (tertiary alicyclic amines) is 2. The quantitative estimate of drug-likeness (QED) is 0.0843. The number of pyridine rings is 2. The maximum atomic E-state index is 14.9. The van der Waals surface area contributed by atoms with E-state index in [1.54, 1.807) is 38.1 Å². The molecule has 3 fully saturated rings. The highest BCUT2D eigenvalue weighted by Gasteiger charge is 2.52. The Bertz CT molecular complexity index is 3510. The molecule has 11 rings (SSSR count). The van der Waals surface area contributed by atoms with Crippen LogP contribution in [-0.4, -0.2) is 99.7 Å². The SMILES string of the molecule is CC(C)(C(N)=O)[C@H]1c2ccccc2Oc2nc(-c3ccc(C(=O)N4CCC(F)(F)C4)c(F)c3)ccc21.CC(C)(C(N)=O)[C@H]1c2ccccc2Oc2nc(Cl)ccc21.CC1(C)OB(c2ccc(C(=O)N3CCC(F)(F)C3)c(F)c2)OC1(C)C. The summed E-state index contributed by atoms with van der Waals surface area (Å²) in [5.41, 5.74) is 12.4. The maximum Gasteiger partial charge on any atom is 0.494 e. The smallest absolute Gasteiger partial charge is 0.438 e. The molecule has 430 valence electrons. The van der Waals surface area contributed by atoms with E-state index in [9.17, 15) is 45.5 Å². The van der Waals surface area contributed by atoms with Crippen LogP contribution in [0.15, 0.2) is 109 Å². The first-order valence-corrected chi connectivity index (χ1v) is 26.8. The Morgan fingerprint density at radius 2 is 1.04 bits per heavy atom. The Morgan fingerprint density at radius 3 is 1.48 bits per heavy atom. The number of nitrogens with two attached hydrogens (primary N) is 2. The Morgan fingerprint density at radius 1 is 0.598 bits per heavy atom. The summed E-state index contributed by atoms with van der Waals surface area (Å²) in [6, 6.07) is 29.8. The summed E-state index contributed by atoms with van der Waals surface area (Å²) < 4.78 is 106. The molecule has 0 unspecified atom stereocenters. The molecule has 5 aliphatic heterocycles. The summed E-state index contributed by atoms with van der Waals surface area (Å²) in [5.74, 6) is -8.52. The second kappa shape index (κ2) is 21.7. The zero-order chi connectivity index (χ0) is 59.6. The summed E-state index contributed by atoms with van der Waals surface area (Å²) in [4.78, 5) is 59.9. The van der Waals surface area contributed by atoms with Gasteiger partial charge in [0.1, 0.15) is 28.3 Å². The minimum Gasteiger partial charge on any atom is -0.438 e. The van der Waals surface area contributed by atoms with Crippen LogP contribution in [0, 0.1) is 22.5 Å². The van der Waals surface area contributed by atoms with Gasteiger partial charge >= 0.3 is 7.12 Å².